The molecule has 1 aromatic heterocycles. The summed E-state index contributed by atoms with van der Waals surface area (Å²) in [5.41, 5.74) is -1.94. The molecule has 0 fully saturated rings. The zero-order valence-electron chi connectivity index (χ0n) is 8.28. The number of carboxylic acids is 1. The van der Waals surface area contributed by atoms with Gasteiger partial charge in [-0.2, -0.15) is 0 Å². The number of carbonyl (C=O) groups is 1. The number of halogens is 2. The van der Waals surface area contributed by atoms with Crippen LogP contribution >= 0.6 is 0 Å². The van der Waals surface area contributed by atoms with E-state index in [9.17, 15) is 18.4 Å². The molecule has 5 nitrogen and oxygen atoms in total. The molecule has 0 aliphatic carbocycles. The van der Waals surface area contributed by atoms with Crippen LogP contribution in [-0.2, 0) is 0 Å². The first-order valence-corrected chi connectivity index (χ1v) is 4.50. The van der Waals surface area contributed by atoms with E-state index < -0.39 is 34.5 Å². The zero-order chi connectivity index (χ0) is 12.6. The standard InChI is InChI=1S/C10H6F2N2O3/c11-5-2-1-3-6(12)9(5)14-8(15)4-7(13-14)10(16)17/h1-4,13H,(H,16,17). The van der Waals surface area contributed by atoms with Crippen LogP contribution < -0.4 is 5.56 Å². The van der Waals surface area contributed by atoms with Crippen LogP contribution in [0.15, 0.2) is 29.1 Å². The summed E-state index contributed by atoms with van der Waals surface area (Å²) in [5, 5.41) is 10.7. The molecule has 17 heavy (non-hydrogen) atoms. The number of nitrogens with one attached hydrogen (secondary N) is 1. The summed E-state index contributed by atoms with van der Waals surface area (Å²) in [7, 11) is 0. The van der Waals surface area contributed by atoms with Gasteiger partial charge in [-0.3, -0.25) is 9.89 Å². The van der Waals surface area contributed by atoms with E-state index in [-0.39, 0.29) is 0 Å². The molecule has 0 radical (unpaired) electrons. The van der Waals surface area contributed by atoms with Crippen LogP contribution in [0.1, 0.15) is 10.5 Å². The lowest BCUT2D eigenvalue weighted by Gasteiger charge is -2.04. The van der Waals surface area contributed by atoms with E-state index in [4.69, 9.17) is 5.11 Å². The van der Waals surface area contributed by atoms with Gasteiger partial charge >= 0.3 is 5.97 Å². The highest BCUT2D eigenvalue weighted by molar-refractivity contribution is 5.85. The molecule has 2 N–H and O–H groups in total. The van der Waals surface area contributed by atoms with Crippen LogP contribution in [0.25, 0.3) is 5.69 Å². The van der Waals surface area contributed by atoms with Gasteiger partial charge in [0.2, 0.25) is 0 Å². The number of carboxylic acid groups (broad SMARTS) is 1. The Morgan fingerprint density at radius 2 is 1.88 bits per heavy atom. The molecule has 0 aliphatic rings. The maximum Gasteiger partial charge on any atom is 0.353 e. The van der Waals surface area contributed by atoms with Crippen molar-refractivity contribution in [2.24, 2.45) is 0 Å². The SMILES string of the molecule is O=C(O)c1cc(=O)n(-c2c(F)cccc2F)[nH]1. The fourth-order valence-corrected chi connectivity index (χ4v) is 1.37. The fraction of sp³-hybridized carbons (Fsp3) is 0. The highest BCUT2D eigenvalue weighted by atomic mass is 19.1. The average Bonchev–Trinajstić information content (AvgIpc) is 2.61. The third-order valence-corrected chi connectivity index (χ3v) is 2.11. The van der Waals surface area contributed by atoms with Gasteiger partial charge in [-0.25, -0.2) is 18.3 Å². The third kappa shape index (κ3) is 1.82. The number of aromatic carboxylic acids is 1. The Labute approximate surface area is 92.9 Å². The van der Waals surface area contributed by atoms with E-state index in [1.54, 1.807) is 0 Å². The van der Waals surface area contributed by atoms with Gasteiger partial charge in [-0.15, -0.1) is 0 Å². The minimum absolute atomic E-state index is 0.447. The minimum Gasteiger partial charge on any atom is -0.477 e. The first-order chi connectivity index (χ1) is 8.00. The molecule has 0 aliphatic heterocycles. The van der Waals surface area contributed by atoms with Crippen LogP contribution in [0.2, 0.25) is 0 Å². The molecule has 0 unspecified atom stereocenters. The number of aromatic amines is 1. The van der Waals surface area contributed by atoms with Gasteiger partial charge in [-0.1, -0.05) is 6.07 Å². The lowest BCUT2D eigenvalue weighted by atomic mass is 10.3. The van der Waals surface area contributed by atoms with Crippen LogP contribution in [-0.4, -0.2) is 20.9 Å². The molecule has 2 rings (SSSR count). The minimum atomic E-state index is -1.39. The Morgan fingerprint density at radius 3 is 2.35 bits per heavy atom. The van der Waals surface area contributed by atoms with Crippen LogP contribution in [0.4, 0.5) is 8.78 Å². The van der Waals surface area contributed by atoms with Crippen molar-refractivity contribution in [2.75, 3.05) is 0 Å². The first kappa shape index (κ1) is 11.1. The number of H-pyrrole nitrogens is 1. The zero-order valence-corrected chi connectivity index (χ0v) is 8.28. The second kappa shape index (κ2) is 3.85. The molecule has 2 aromatic rings. The van der Waals surface area contributed by atoms with Crippen LogP contribution in [0.3, 0.4) is 0 Å². The third-order valence-electron chi connectivity index (χ3n) is 2.11. The lowest BCUT2D eigenvalue weighted by Crippen LogP contribution is -2.16. The van der Waals surface area contributed by atoms with Gasteiger partial charge in [0, 0.05) is 6.07 Å². The van der Waals surface area contributed by atoms with E-state index in [2.05, 4.69) is 5.10 Å². The Morgan fingerprint density at radius 1 is 1.29 bits per heavy atom. The molecule has 1 heterocycles. The molecular weight excluding hydrogens is 234 g/mol. The number of nitrogens with zero attached hydrogens (tertiary/aromatic N) is 1. The van der Waals surface area contributed by atoms with Crippen molar-refractivity contribution >= 4 is 5.97 Å². The molecule has 0 atom stereocenters. The molecule has 88 valence electrons. The number of aromatic nitrogens is 2. The summed E-state index contributed by atoms with van der Waals surface area (Å²) < 4.78 is 27.2. The van der Waals surface area contributed by atoms with E-state index in [1.165, 1.54) is 0 Å². The number of hydrogen-bond donors (Lipinski definition) is 2. The Kier molecular flexibility index (Phi) is 2.51. The van der Waals surface area contributed by atoms with Gasteiger partial charge in [0.05, 0.1) is 0 Å². The molecule has 0 amide bonds. The number of rotatable bonds is 2. The summed E-state index contributed by atoms with van der Waals surface area (Å²) in [6.07, 6.45) is 0. The van der Waals surface area contributed by atoms with Crippen molar-refractivity contribution in [3.8, 4) is 5.69 Å². The lowest BCUT2D eigenvalue weighted by molar-refractivity contribution is 0.0690. The highest BCUT2D eigenvalue weighted by Gasteiger charge is 2.16. The maximum absolute atomic E-state index is 13.4. The van der Waals surface area contributed by atoms with Crippen molar-refractivity contribution in [3.63, 3.8) is 0 Å². The molecular formula is C10H6F2N2O3. The van der Waals surface area contributed by atoms with E-state index >= 15 is 0 Å². The second-order valence-corrected chi connectivity index (χ2v) is 3.22. The largest absolute Gasteiger partial charge is 0.477 e. The van der Waals surface area contributed by atoms with Gasteiger partial charge in [-0.05, 0) is 12.1 Å². The summed E-state index contributed by atoms with van der Waals surface area (Å²) in [6.45, 7) is 0. The van der Waals surface area contributed by atoms with E-state index in [0.29, 0.717) is 4.68 Å². The molecule has 0 saturated heterocycles. The average molecular weight is 240 g/mol. The Bertz CT molecular complexity index is 625. The fourth-order valence-electron chi connectivity index (χ4n) is 1.37. The van der Waals surface area contributed by atoms with Crippen LogP contribution in [0.5, 0.6) is 0 Å². The number of para-hydroxylation sites is 1. The predicted molar refractivity (Wildman–Crippen MR) is 53.3 cm³/mol. The van der Waals surface area contributed by atoms with Crippen molar-refractivity contribution in [2.45, 2.75) is 0 Å². The molecule has 0 spiro atoms. The summed E-state index contributed by atoms with van der Waals surface area (Å²) in [4.78, 5) is 22.0. The second-order valence-electron chi connectivity index (χ2n) is 3.22. The van der Waals surface area contributed by atoms with Crippen molar-refractivity contribution in [1.29, 1.82) is 0 Å². The van der Waals surface area contributed by atoms with Gasteiger partial charge in [0.1, 0.15) is 11.4 Å². The molecule has 0 saturated carbocycles. The van der Waals surface area contributed by atoms with Gasteiger partial charge in [0.15, 0.2) is 11.6 Å². The smallest absolute Gasteiger partial charge is 0.353 e. The molecule has 0 bridgehead atoms. The molecule has 1 aromatic carbocycles. The Balaban J connectivity index is 2.69. The summed E-state index contributed by atoms with van der Waals surface area (Å²) in [6, 6.07) is 3.81. The van der Waals surface area contributed by atoms with E-state index in [1.807, 2.05) is 0 Å². The normalized spacial score (nSPS) is 10.5. The van der Waals surface area contributed by atoms with Gasteiger partial charge in [0.25, 0.3) is 5.56 Å². The van der Waals surface area contributed by atoms with Crippen LogP contribution in [0, 0.1) is 11.6 Å². The number of benzene rings is 1. The van der Waals surface area contributed by atoms with Crippen molar-refractivity contribution < 1.29 is 18.7 Å². The summed E-state index contributed by atoms with van der Waals surface area (Å²) in [5.74, 6) is -3.32. The topological polar surface area (TPSA) is 75.1 Å². The van der Waals surface area contributed by atoms with Gasteiger partial charge < -0.3 is 5.11 Å². The maximum atomic E-state index is 13.4. The first-order valence-electron chi connectivity index (χ1n) is 4.50. The quantitative estimate of drug-likeness (QED) is 0.826. The summed E-state index contributed by atoms with van der Waals surface area (Å²) >= 11 is 0. The highest BCUT2D eigenvalue weighted by Crippen LogP contribution is 2.14. The van der Waals surface area contributed by atoms with Crippen molar-refractivity contribution in [1.82, 2.24) is 9.78 Å². The predicted octanol–water partition coefficient (Wildman–Crippen LogP) is 1.14. The Hall–Kier alpha value is -2.44. The van der Waals surface area contributed by atoms with Crippen molar-refractivity contribution in [3.05, 3.63) is 51.9 Å². The van der Waals surface area contributed by atoms with E-state index in [0.717, 1.165) is 24.3 Å². The number of hydrogen-bond acceptors (Lipinski definition) is 2. The monoisotopic (exact) mass is 240 g/mol. The molecule has 7 heteroatoms.